The van der Waals surface area contributed by atoms with Crippen molar-refractivity contribution >= 4 is 29.5 Å². The number of anilines is 1. The normalized spacial score (nSPS) is 12.1. The van der Waals surface area contributed by atoms with Crippen molar-refractivity contribution in [2.45, 2.75) is 0 Å². The van der Waals surface area contributed by atoms with Gasteiger partial charge in [0.15, 0.2) is 6.61 Å². The zero-order valence-corrected chi connectivity index (χ0v) is 14.7. The number of benzene rings is 2. The third-order valence-electron chi connectivity index (χ3n) is 3.89. The molecule has 0 bridgehead atoms. The summed E-state index contributed by atoms with van der Waals surface area (Å²) in [6.45, 7) is -0.326. The Kier molecular flexibility index (Phi) is 5.51. The van der Waals surface area contributed by atoms with Gasteiger partial charge in [-0.1, -0.05) is 18.2 Å². The highest BCUT2D eigenvalue weighted by molar-refractivity contribution is 5.98. The molecule has 0 radical (unpaired) electrons. The number of ether oxygens (including phenoxy) is 2. The number of carbonyl (C=O) groups excluding carboxylic acids is 3. The minimum Gasteiger partial charge on any atom is -0.488 e. The highest BCUT2D eigenvalue weighted by Crippen LogP contribution is 2.26. The third-order valence-corrected chi connectivity index (χ3v) is 3.89. The van der Waals surface area contributed by atoms with Crippen LogP contribution in [0.2, 0.25) is 0 Å². The van der Waals surface area contributed by atoms with Gasteiger partial charge in [-0.15, -0.1) is 0 Å². The van der Waals surface area contributed by atoms with Gasteiger partial charge in [0.25, 0.3) is 11.8 Å². The molecule has 27 heavy (non-hydrogen) atoms. The van der Waals surface area contributed by atoms with Crippen molar-refractivity contribution in [2.24, 2.45) is 0 Å². The topological polar surface area (TPSA) is 93.7 Å². The second-order valence-electron chi connectivity index (χ2n) is 5.78. The Morgan fingerprint density at radius 1 is 1.07 bits per heavy atom. The van der Waals surface area contributed by atoms with Crippen LogP contribution in [0, 0.1) is 0 Å². The van der Waals surface area contributed by atoms with E-state index in [0.29, 0.717) is 22.6 Å². The van der Waals surface area contributed by atoms with Gasteiger partial charge >= 0.3 is 5.97 Å². The highest BCUT2D eigenvalue weighted by Gasteiger charge is 2.19. The zero-order chi connectivity index (χ0) is 19.2. The van der Waals surface area contributed by atoms with E-state index in [-0.39, 0.29) is 12.5 Å². The molecule has 3 rings (SSSR count). The molecule has 0 saturated heterocycles. The van der Waals surface area contributed by atoms with E-state index in [1.165, 1.54) is 7.05 Å². The number of para-hydroxylation sites is 1. The van der Waals surface area contributed by atoms with E-state index in [1.54, 1.807) is 30.3 Å². The first-order valence-corrected chi connectivity index (χ1v) is 8.28. The third kappa shape index (κ3) is 4.52. The fraction of sp³-hybridized carbons (Fsp3) is 0.150. The molecule has 0 saturated carbocycles. The minimum atomic E-state index is -0.602. The number of amides is 2. The van der Waals surface area contributed by atoms with Gasteiger partial charge in [-0.2, -0.15) is 0 Å². The predicted molar refractivity (Wildman–Crippen MR) is 99.3 cm³/mol. The zero-order valence-electron chi connectivity index (χ0n) is 14.7. The smallest absolute Gasteiger partial charge is 0.338 e. The fourth-order valence-corrected chi connectivity index (χ4v) is 2.50. The van der Waals surface area contributed by atoms with Crippen LogP contribution in [0.15, 0.2) is 54.1 Å². The van der Waals surface area contributed by atoms with E-state index in [1.807, 2.05) is 24.3 Å². The molecule has 2 aromatic carbocycles. The van der Waals surface area contributed by atoms with Crippen molar-refractivity contribution < 1.29 is 23.9 Å². The summed E-state index contributed by atoms with van der Waals surface area (Å²) in [4.78, 5) is 35.6. The van der Waals surface area contributed by atoms with Crippen LogP contribution in [0.1, 0.15) is 15.9 Å². The maximum Gasteiger partial charge on any atom is 0.338 e. The van der Waals surface area contributed by atoms with E-state index in [9.17, 15) is 14.4 Å². The van der Waals surface area contributed by atoms with Gasteiger partial charge in [-0.05, 0) is 36.4 Å². The number of hydrogen-bond acceptors (Lipinski definition) is 5. The second-order valence-corrected chi connectivity index (χ2v) is 5.78. The standard InChI is InChI=1S/C20H18N2O5/c1-21-19(24)13-6-8-16(9-7-13)22-18(23)12-27-20(25)15-10-14-4-2-3-5-17(14)26-11-15/h2-10H,11-12H2,1H3,(H,21,24)(H,22,23). The van der Waals surface area contributed by atoms with E-state index < -0.39 is 18.5 Å². The van der Waals surface area contributed by atoms with Gasteiger partial charge in [0, 0.05) is 23.9 Å². The Labute approximate surface area is 156 Å². The van der Waals surface area contributed by atoms with E-state index in [2.05, 4.69) is 10.6 Å². The molecule has 0 fully saturated rings. The van der Waals surface area contributed by atoms with E-state index in [0.717, 1.165) is 5.56 Å². The molecule has 1 heterocycles. The van der Waals surface area contributed by atoms with Crippen molar-refractivity contribution in [3.8, 4) is 5.75 Å². The number of fused-ring (bicyclic) bond motifs is 1. The molecule has 1 aliphatic rings. The monoisotopic (exact) mass is 366 g/mol. The maximum absolute atomic E-state index is 12.1. The number of hydrogen-bond donors (Lipinski definition) is 2. The van der Waals surface area contributed by atoms with E-state index >= 15 is 0 Å². The summed E-state index contributed by atoms with van der Waals surface area (Å²) in [6.07, 6.45) is 1.69. The Hall–Kier alpha value is -3.61. The number of nitrogens with one attached hydrogen (secondary N) is 2. The van der Waals surface area contributed by atoms with Gasteiger partial charge in [0.05, 0.1) is 5.57 Å². The quantitative estimate of drug-likeness (QED) is 0.790. The first-order chi connectivity index (χ1) is 13.1. The van der Waals surface area contributed by atoms with Crippen LogP contribution < -0.4 is 15.4 Å². The van der Waals surface area contributed by atoms with Crippen LogP contribution in [-0.4, -0.2) is 38.0 Å². The first kappa shape index (κ1) is 18.2. The lowest BCUT2D eigenvalue weighted by Crippen LogP contribution is -2.24. The van der Waals surface area contributed by atoms with Gasteiger partial charge in [-0.25, -0.2) is 4.79 Å². The Balaban J connectivity index is 1.53. The summed E-state index contributed by atoms with van der Waals surface area (Å²) in [6, 6.07) is 13.7. The van der Waals surface area contributed by atoms with Crippen molar-refractivity contribution in [2.75, 3.05) is 25.6 Å². The summed E-state index contributed by atoms with van der Waals surface area (Å²) in [5.41, 5.74) is 2.11. The summed E-state index contributed by atoms with van der Waals surface area (Å²) >= 11 is 0. The molecule has 0 spiro atoms. The Morgan fingerprint density at radius 2 is 1.81 bits per heavy atom. The largest absolute Gasteiger partial charge is 0.488 e. The maximum atomic E-state index is 12.1. The van der Waals surface area contributed by atoms with Crippen LogP contribution >= 0.6 is 0 Å². The lowest BCUT2D eigenvalue weighted by Gasteiger charge is -2.16. The van der Waals surface area contributed by atoms with Crippen molar-refractivity contribution in [3.05, 3.63) is 65.2 Å². The molecule has 2 amide bonds. The van der Waals surface area contributed by atoms with Gasteiger partial charge in [0.2, 0.25) is 0 Å². The first-order valence-electron chi connectivity index (χ1n) is 8.28. The second kappa shape index (κ2) is 8.18. The van der Waals surface area contributed by atoms with Gasteiger partial charge in [0.1, 0.15) is 12.4 Å². The van der Waals surface area contributed by atoms with Gasteiger partial charge < -0.3 is 20.1 Å². The number of rotatable bonds is 5. The van der Waals surface area contributed by atoms with Crippen LogP contribution in [0.25, 0.3) is 6.08 Å². The van der Waals surface area contributed by atoms with Crippen molar-refractivity contribution in [1.82, 2.24) is 5.32 Å². The van der Waals surface area contributed by atoms with Crippen LogP contribution in [-0.2, 0) is 14.3 Å². The van der Waals surface area contributed by atoms with Crippen LogP contribution in [0.5, 0.6) is 5.75 Å². The molecule has 7 nitrogen and oxygen atoms in total. The molecule has 7 heteroatoms. The minimum absolute atomic E-state index is 0.0957. The number of carbonyl (C=O) groups is 3. The molecule has 2 aromatic rings. The highest BCUT2D eigenvalue weighted by atomic mass is 16.5. The molecule has 0 aliphatic carbocycles. The van der Waals surface area contributed by atoms with E-state index in [4.69, 9.17) is 9.47 Å². The van der Waals surface area contributed by atoms with Crippen LogP contribution in [0.4, 0.5) is 5.69 Å². The Morgan fingerprint density at radius 3 is 2.56 bits per heavy atom. The lowest BCUT2D eigenvalue weighted by molar-refractivity contribution is -0.143. The molecule has 1 aliphatic heterocycles. The molecule has 0 atom stereocenters. The fourth-order valence-electron chi connectivity index (χ4n) is 2.50. The molecular formula is C20H18N2O5. The van der Waals surface area contributed by atoms with Gasteiger partial charge in [-0.3, -0.25) is 9.59 Å². The van der Waals surface area contributed by atoms with Crippen molar-refractivity contribution in [1.29, 1.82) is 0 Å². The summed E-state index contributed by atoms with van der Waals surface area (Å²) in [5.74, 6) is -0.596. The average Bonchev–Trinajstić information content (AvgIpc) is 2.71. The molecule has 0 unspecified atom stereocenters. The van der Waals surface area contributed by atoms with Crippen LogP contribution in [0.3, 0.4) is 0 Å². The predicted octanol–water partition coefficient (Wildman–Crippen LogP) is 2.00. The number of esters is 1. The summed E-state index contributed by atoms with van der Waals surface area (Å²) in [5, 5.41) is 5.11. The van der Waals surface area contributed by atoms with Crippen molar-refractivity contribution in [3.63, 3.8) is 0 Å². The SMILES string of the molecule is CNC(=O)c1ccc(NC(=O)COC(=O)C2=Cc3ccccc3OC2)cc1. The molecule has 0 aromatic heterocycles. The lowest BCUT2D eigenvalue weighted by atomic mass is 10.1. The average molecular weight is 366 g/mol. The molecular weight excluding hydrogens is 348 g/mol. The molecule has 138 valence electrons. The summed E-state index contributed by atoms with van der Waals surface area (Å²) in [7, 11) is 1.54. The molecule has 2 N–H and O–H groups in total. The Bertz CT molecular complexity index is 903. The summed E-state index contributed by atoms with van der Waals surface area (Å²) < 4.78 is 10.5.